The molecule has 0 spiro atoms. The van der Waals surface area contributed by atoms with Crippen LogP contribution in [-0.2, 0) is 14.4 Å². The summed E-state index contributed by atoms with van der Waals surface area (Å²) in [6.07, 6.45) is 0. The molecule has 5 nitrogen and oxygen atoms in total. The van der Waals surface area contributed by atoms with Crippen LogP contribution in [0.4, 0.5) is 0 Å². The second-order valence-electron chi connectivity index (χ2n) is 4.35. The highest BCUT2D eigenvalue weighted by Crippen LogP contribution is 2.21. The minimum absolute atomic E-state index is 0.0765. The zero-order chi connectivity index (χ0) is 14.7. The lowest BCUT2D eigenvalue weighted by molar-refractivity contribution is -0.148. The van der Waals surface area contributed by atoms with Crippen LogP contribution in [0, 0.1) is 0 Å². The van der Waals surface area contributed by atoms with Crippen molar-refractivity contribution in [1.82, 2.24) is 10.2 Å². The predicted octanol–water partition coefficient (Wildman–Crippen LogP) is 1.31. The fourth-order valence-electron chi connectivity index (χ4n) is 1.78. The van der Waals surface area contributed by atoms with Gasteiger partial charge in [-0.3, -0.25) is 19.7 Å². The highest BCUT2D eigenvalue weighted by Gasteiger charge is 2.33. The average molecular weight is 313 g/mol. The van der Waals surface area contributed by atoms with E-state index in [4.69, 9.17) is 11.6 Å². The van der Waals surface area contributed by atoms with Gasteiger partial charge >= 0.3 is 0 Å². The molecule has 1 aliphatic rings. The molecule has 7 heteroatoms. The molecule has 1 aliphatic heterocycles. The van der Waals surface area contributed by atoms with Crippen LogP contribution in [0.3, 0.4) is 0 Å². The maximum atomic E-state index is 12.1. The smallest absolute Gasteiger partial charge is 0.249 e. The lowest BCUT2D eigenvalue weighted by Gasteiger charge is -2.31. The topological polar surface area (TPSA) is 66.5 Å². The molecule has 1 heterocycles. The van der Waals surface area contributed by atoms with Crippen LogP contribution < -0.4 is 5.32 Å². The van der Waals surface area contributed by atoms with Crippen molar-refractivity contribution >= 4 is 41.1 Å². The molecule has 1 saturated heterocycles. The van der Waals surface area contributed by atoms with Crippen LogP contribution in [0.5, 0.6) is 0 Å². The molecule has 0 aliphatic carbocycles. The minimum Gasteiger partial charge on any atom is -0.321 e. The van der Waals surface area contributed by atoms with E-state index in [1.165, 1.54) is 16.7 Å². The van der Waals surface area contributed by atoms with Gasteiger partial charge in [0.25, 0.3) is 0 Å². The van der Waals surface area contributed by atoms with Gasteiger partial charge in [0.15, 0.2) is 0 Å². The van der Waals surface area contributed by atoms with Crippen LogP contribution in [-0.4, -0.2) is 41.0 Å². The molecule has 1 atom stereocenters. The van der Waals surface area contributed by atoms with Gasteiger partial charge in [-0.15, -0.1) is 11.8 Å². The van der Waals surface area contributed by atoms with Crippen LogP contribution in [0.2, 0.25) is 5.02 Å². The van der Waals surface area contributed by atoms with Gasteiger partial charge in [-0.25, -0.2) is 0 Å². The van der Waals surface area contributed by atoms with Crippen molar-refractivity contribution in [2.75, 3.05) is 12.3 Å². The molecular formula is C13H13ClN2O3S. The number of rotatable bonds is 3. The Kier molecular flexibility index (Phi) is 4.67. The van der Waals surface area contributed by atoms with Gasteiger partial charge in [0.1, 0.15) is 12.6 Å². The molecular weight excluding hydrogens is 300 g/mol. The minimum atomic E-state index is -0.619. The van der Waals surface area contributed by atoms with E-state index in [0.29, 0.717) is 5.02 Å². The molecule has 0 aromatic heterocycles. The summed E-state index contributed by atoms with van der Waals surface area (Å²) in [6, 6.07) is 6.50. The average Bonchev–Trinajstić information content (AvgIpc) is 2.42. The summed E-state index contributed by atoms with van der Waals surface area (Å²) in [6.45, 7) is 1.53. The quantitative estimate of drug-likeness (QED) is 0.675. The third-order valence-corrected chi connectivity index (χ3v) is 4.17. The largest absolute Gasteiger partial charge is 0.321 e. The van der Waals surface area contributed by atoms with Crippen molar-refractivity contribution in [2.45, 2.75) is 17.9 Å². The summed E-state index contributed by atoms with van der Waals surface area (Å²) in [5.41, 5.74) is 0. The van der Waals surface area contributed by atoms with Gasteiger partial charge in [-0.1, -0.05) is 11.6 Å². The first kappa shape index (κ1) is 14.9. The molecule has 1 unspecified atom stereocenters. The van der Waals surface area contributed by atoms with Crippen LogP contribution >= 0.6 is 23.4 Å². The van der Waals surface area contributed by atoms with Crippen LogP contribution in [0.15, 0.2) is 29.2 Å². The van der Waals surface area contributed by atoms with E-state index in [1.54, 1.807) is 19.1 Å². The fraction of sp³-hybridized carbons (Fsp3) is 0.308. The predicted molar refractivity (Wildman–Crippen MR) is 76.5 cm³/mol. The number of nitrogens with zero attached hydrogens (tertiary/aromatic N) is 1. The first-order valence-corrected chi connectivity index (χ1v) is 7.35. The van der Waals surface area contributed by atoms with E-state index in [2.05, 4.69) is 5.32 Å². The Morgan fingerprint density at radius 3 is 2.70 bits per heavy atom. The maximum Gasteiger partial charge on any atom is 0.249 e. The van der Waals surface area contributed by atoms with Crippen molar-refractivity contribution in [1.29, 1.82) is 0 Å². The maximum absolute atomic E-state index is 12.1. The highest BCUT2D eigenvalue weighted by molar-refractivity contribution is 8.00. The van der Waals surface area contributed by atoms with Gasteiger partial charge in [-0.05, 0) is 31.2 Å². The number of hydrogen-bond donors (Lipinski definition) is 1. The summed E-state index contributed by atoms with van der Waals surface area (Å²) in [5, 5.41) is 2.83. The van der Waals surface area contributed by atoms with Crippen molar-refractivity contribution in [3.05, 3.63) is 29.3 Å². The normalized spacial score (nSPS) is 18.9. The Morgan fingerprint density at radius 1 is 1.40 bits per heavy atom. The number of carbonyl (C=O) groups is 3. The third-order valence-electron chi connectivity index (χ3n) is 2.92. The lowest BCUT2D eigenvalue weighted by Crippen LogP contribution is -2.59. The fourth-order valence-corrected chi connectivity index (χ4v) is 2.69. The molecule has 106 valence electrons. The standard InChI is InChI=1S/C13H13ClN2O3S/c1-8-13(19)15-11(17)6-16(8)12(18)7-20-10-4-2-9(14)3-5-10/h2-5,8H,6-7H2,1H3,(H,15,17,19). The first-order valence-electron chi connectivity index (χ1n) is 5.99. The Morgan fingerprint density at radius 2 is 2.05 bits per heavy atom. The second-order valence-corrected chi connectivity index (χ2v) is 5.84. The zero-order valence-electron chi connectivity index (χ0n) is 10.8. The monoisotopic (exact) mass is 312 g/mol. The van der Waals surface area contributed by atoms with Gasteiger partial charge in [0.05, 0.1) is 5.75 Å². The molecule has 1 fully saturated rings. The Labute approximate surface area is 125 Å². The Hall–Kier alpha value is -1.53. The molecule has 20 heavy (non-hydrogen) atoms. The summed E-state index contributed by atoms with van der Waals surface area (Å²) in [5.74, 6) is -0.948. The van der Waals surface area contributed by atoms with Crippen LogP contribution in [0.1, 0.15) is 6.92 Å². The zero-order valence-corrected chi connectivity index (χ0v) is 12.3. The number of carbonyl (C=O) groups excluding carboxylic acids is 3. The number of imide groups is 1. The van der Waals surface area contributed by atoms with E-state index >= 15 is 0 Å². The number of thioether (sulfide) groups is 1. The van der Waals surface area contributed by atoms with E-state index in [9.17, 15) is 14.4 Å². The number of piperazine rings is 1. The molecule has 2 rings (SSSR count). The molecule has 0 radical (unpaired) electrons. The SMILES string of the molecule is CC1C(=O)NC(=O)CN1C(=O)CSc1ccc(Cl)cc1. The lowest BCUT2D eigenvalue weighted by atomic mass is 10.2. The number of amides is 3. The summed E-state index contributed by atoms with van der Waals surface area (Å²) < 4.78 is 0. The summed E-state index contributed by atoms with van der Waals surface area (Å²) >= 11 is 7.12. The molecule has 1 N–H and O–H groups in total. The first-order chi connectivity index (χ1) is 9.47. The van der Waals surface area contributed by atoms with Crippen molar-refractivity contribution in [3.63, 3.8) is 0 Å². The van der Waals surface area contributed by atoms with E-state index in [0.717, 1.165) is 4.90 Å². The highest BCUT2D eigenvalue weighted by atomic mass is 35.5. The van der Waals surface area contributed by atoms with Crippen molar-refractivity contribution < 1.29 is 14.4 Å². The van der Waals surface area contributed by atoms with Gasteiger partial charge in [-0.2, -0.15) is 0 Å². The van der Waals surface area contributed by atoms with Crippen molar-refractivity contribution in [2.24, 2.45) is 0 Å². The van der Waals surface area contributed by atoms with Gasteiger partial charge in [0.2, 0.25) is 17.7 Å². The van der Waals surface area contributed by atoms with E-state index < -0.39 is 17.9 Å². The van der Waals surface area contributed by atoms with Gasteiger partial charge in [0, 0.05) is 9.92 Å². The summed E-state index contributed by atoms with van der Waals surface area (Å²) in [4.78, 5) is 37.1. The Balaban J connectivity index is 1.95. The third kappa shape index (κ3) is 3.52. The number of hydrogen-bond acceptors (Lipinski definition) is 4. The van der Waals surface area contributed by atoms with Crippen LogP contribution in [0.25, 0.3) is 0 Å². The summed E-state index contributed by atoms with van der Waals surface area (Å²) in [7, 11) is 0. The van der Waals surface area contributed by atoms with E-state index in [1.807, 2.05) is 12.1 Å². The molecule has 1 aromatic carbocycles. The Bertz CT molecular complexity index is 547. The number of benzene rings is 1. The molecule has 0 saturated carbocycles. The van der Waals surface area contributed by atoms with Gasteiger partial charge < -0.3 is 4.90 Å². The van der Waals surface area contributed by atoms with E-state index in [-0.39, 0.29) is 18.2 Å². The second kappa shape index (κ2) is 6.28. The molecule has 3 amide bonds. The van der Waals surface area contributed by atoms with Crippen molar-refractivity contribution in [3.8, 4) is 0 Å². The molecule has 1 aromatic rings. The molecule has 0 bridgehead atoms. The number of halogens is 1. The number of nitrogens with one attached hydrogen (secondary N) is 1.